The molecule has 2 aromatic rings. The SMILES string of the molecule is CC(C)Oc1ccccc1CC(=O)NCCC(O)c1ccccc1. The third-order valence-electron chi connectivity index (χ3n) is 3.61. The van der Waals surface area contributed by atoms with Crippen molar-refractivity contribution in [2.45, 2.75) is 38.9 Å². The lowest BCUT2D eigenvalue weighted by Crippen LogP contribution is -2.27. The van der Waals surface area contributed by atoms with Crippen LogP contribution in [0.3, 0.4) is 0 Å². The van der Waals surface area contributed by atoms with Gasteiger partial charge in [-0.2, -0.15) is 0 Å². The summed E-state index contributed by atoms with van der Waals surface area (Å²) in [6.07, 6.45) is 0.253. The maximum absolute atomic E-state index is 12.1. The fourth-order valence-corrected chi connectivity index (χ4v) is 2.44. The predicted octanol–water partition coefficient (Wildman–Crippen LogP) is 3.26. The van der Waals surface area contributed by atoms with E-state index in [0.717, 1.165) is 16.9 Å². The average molecular weight is 327 g/mol. The summed E-state index contributed by atoms with van der Waals surface area (Å²) in [6, 6.07) is 17.0. The molecule has 0 aliphatic heterocycles. The minimum Gasteiger partial charge on any atom is -0.491 e. The van der Waals surface area contributed by atoms with E-state index >= 15 is 0 Å². The fourth-order valence-electron chi connectivity index (χ4n) is 2.44. The Balaban J connectivity index is 1.82. The summed E-state index contributed by atoms with van der Waals surface area (Å²) < 4.78 is 5.73. The zero-order valence-corrected chi connectivity index (χ0v) is 14.2. The molecule has 2 rings (SSSR count). The van der Waals surface area contributed by atoms with Crippen molar-refractivity contribution in [3.05, 3.63) is 65.7 Å². The lowest BCUT2D eigenvalue weighted by molar-refractivity contribution is -0.120. The van der Waals surface area contributed by atoms with E-state index in [4.69, 9.17) is 4.74 Å². The number of benzene rings is 2. The number of para-hydroxylation sites is 1. The molecule has 1 atom stereocenters. The number of amides is 1. The molecule has 0 bridgehead atoms. The second kappa shape index (κ2) is 9.08. The predicted molar refractivity (Wildman–Crippen MR) is 94.9 cm³/mol. The molecular formula is C20H25NO3. The first-order chi connectivity index (χ1) is 11.6. The molecular weight excluding hydrogens is 302 g/mol. The van der Waals surface area contributed by atoms with Gasteiger partial charge in [0.2, 0.25) is 5.91 Å². The minimum absolute atomic E-state index is 0.0650. The quantitative estimate of drug-likeness (QED) is 0.782. The molecule has 0 saturated carbocycles. The van der Waals surface area contributed by atoms with Crippen LogP contribution in [-0.2, 0) is 11.2 Å². The Bertz CT molecular complexity index is 640. The smallest absolute Gasteiger partial charge is 0.224 e. The number of aliphatic hydroxyl groups excluding tert-OH is 1. The average Bonchev–Trinajstić information content (AvgIpc) is 2.57. The Morgan fingerprint density at radius 1 is 1.08 bits per heavy atom. The molecule has 0 heterocycles. The van der Waals surface area contributed by atoms with Crippen molar-refractivity contribution in [1.82, 2.24) is 5.32 Å². The van der Waals surface area contributed by atoms with Gasteiger partial charge in [-0.3, -0.25) is 4.79 Å². The monoisotopic (exact) mass is 327 g/mol. The van der Waals surface area contributed by atoms with Crippen molar-refractivity contribution >= 4 is 5.91 Å². The first-order valence-electron chi connectivity index (χ1n) is 8.30. The van der Waals surface area contributed by atoms with E-state index in [1.165, 1.54) is 0 Å². The van der Waals surface area contributed by atoms with Crippen LogP contribution < -0.4 is 10.1 Å². The highest BCUT2D eigenvalue weighted by atomic mass is 16.5. The Morgan fingerprint density at radius 3 is 2.46 bits per heavy atom. The Kier molecular flexibility index (Phi) is 6.82. The Hall–Kier alpha value is -2.33. The third kappa shape index (κ3) is 5.70. The number of hydrogen-bond donors (Lipinski definition) is 2. The molecule has 2 aromatic carbocycles. The van der Waals surface area contributed by atoms with Gasteiger partial charge in [0.15, 0.2) is 0 Å². The van der Waals surface area contributed by atoms with Crippen molar-refractivity contribution < 1.29 is 14.6 Å². The summed E-state index contributed by atoms with van der Waals surface area (Å²) in [5.74, 6) is 0.669. The summed E-state index contributed by atoms with van der Waals surface area (Å²) in [5.41, 5.74) is 1.73. The largest absolute Gasteiger partial charge is 0.491 e. The lowest BCUT2D eigenvalue weighted by atomic mass is 10.1. The summed E-state index contributed by atoms with van der Waals surface area (Å²) in [5, 5.41) is 13.0. The lowest BCUT2D eigenvalue weighted by Gasteiger charge is -2.15. The summed E-state index contributed by atoms with van der Waals surface area (Å²) in [4.78, 5) is 12.1. The van der Waals surface area contributed by atoms with Gasteiger partial charge >= 0.3 is 0 Å². The van der Waals surface area contributed by atoms with E-state index in [2.05, 4.69) is 5.32 Å². The van der Waals surface area contributed by atoms with Gasteiger partial charge in [0.25, 0.3) is 0 Å². The normalized spacial score (nSPS) is 12.0. The minimum atomic E-state index is -0.567. The molecule has 0 fully saturated rings. The van der Waals surface area contributed by atoms with Crippen LogP contribution in [0.4, 0.5) is 0 Å². The van der Waals surface area contributed by atoms with Crippen LogP contribution in [0.25, 0.3) is 0 Å². The van der Waals surface area contributed by atoms with E-state index < -0.39 is 6.10 Å². The topological polar surface area (TPSA) is 58.6 Å². The number of rotatable bonds is 8. The highest BCUT2D eigenvalue weighted by Crippen LogP contribution is 2.20. The zero-order valence-electron chi connectivity index (χ0n) is 14.2. The highest BCUT2D eigenvalue weighted by molar-refractivity contribution is 5.79. The maximum Gasteiger partial charge on any atom is 0.224 e. The molecule has 0 aliphatic rings. The van der Waals surface area contributed by atoms with E-state index in [1.807, 2.05) is 68.4 Å². The van der Waals surface area contributed by atoms with E-state index in [1.54, 1.807) is 0 Å². The Labute approximate surface area is 143 Å². The van der Waals surface area contributed by atoms with Crippen molar-refractivity contribution in [3.63, 3.8) is 0 Å². The molecule has 0 spiro atoms. The number of hydrogen-bond acceptors (Lipinski definition) is 3. The van der Waals surface area contributed by atoms with Crippen molar-refractivity contribution in [2.75, 3.05) is 6.54 Å². The van der Waals surface area contributed by atoms with Crippen molar-refractivity contribution in [1.29, 1.82) is 0 Å². The molecule has 24 heavy (non-hydrogen) atoms. The number of nitrogens with one attached hydrogen (secondary N) is 1. The second-order valence-electron chi connectivity index (χ2n) is 6.02. The number of carbonyl (C=O) groups is 1. The number of carbonyl (C=O) groups excluding carboxylic acids is 1. The van der Waals surface area contributed by atoms with E-state index in [0.29, 0.717) is 13.0 Å². The molecule has 0 saturated heterocycles. The van der Waals surface area contributed by atoms with Gasteiger partial charge in [-0.05, 0) is 31.9 Å². The van der Waals surface area contributed by atoms with Crippen LogP contribution in [0.15, 0.2) is 54.6 Å². The van der Waals surface area contributed by atoms with E-state index in [-0.39, 0.29) is 18.4 Å². The maximum atomic E-state index is 12.1. The third-order valence-corrected chi connectivity index (χ3v) is 3.61. The van der Waals surface area contributed by atoms with Crippen molar-refractivity contribution in [2.24, 2.45) is 0 Å². The van der Waals surface area contributed by atoms with Crippen LogP contribution in [0.1, 0.15) is 37.5 Å². The zero-order chi connectivity index (χ0) is 17.4. The van der Waals surface area contributed by atoms with Gasteiger partial charge in [-0.1, -0.05) is 48.5 Å². The molecule has 4 nitrogen and oxygen atoms in total. The number of aliphatic hydroxyl groups is 1. The van der Waals surface area contributed by atoms with Crippen LogP contribution >= 0.6 is 0 Å². The van der Waals surface area contributed by atoms with Gasteiger partial charge in [0, 0.05) is 12.1 Å². The summed E-state index contributed by atoms with van der Waals surface area (Å²) >= 11 is 0. The van der Waals surface area contributed by atoms with Crippen LogP contribution in [0.2, 0.25) is 0 Å². The first kappa shape index (κ1) is 18.0. The molecule has 0 aliphatic carbocycles. The fraction of sp³-hybridized carbons (Fsp3) is 0.350. The van der Waals surface area contributed by atoms with Crippen LogP contribution in [0, 0.1) is 0 Å². The summed E-state index contributed by atoms with van der Waals surface area (Å²) in [7, 11) is 0. The number of ether oxygens (including phenoxy) is 1. The van der Waals surface area contributed by atoms with Gasteiger partial charge in [0.1, 0.15) is 5.75 Å². The molecule has 0 radical (unpaired) electrons. The standard InChI is InChI=1S/C20H25NO3/c1-15(2)24-19-11-7-6-10-17(19)14-20(23)21-13-12-18(22)16-8-4-3-5-9-16/h3-11,15,18,22H,12-14H2,1-2H3,(H,21,23). The molecule has 0 aromatic heterocycles. The molecule has 4 heteroatoms. The molecule has 2 N–H and O–H groups in total. The highest BCUT2D eigenvalue weighted by Gasteiger charge is 2.11. The first-order valence-corrected chi connectivity index (χ1v) is 8.30. The second-order valence-corrected chi connectivity index (χ2v) is 6.02. The van der Waals surface area contributed by atoms with Crippen LogP contribution in [-0.4, -0.2) is 23.7 Å². The van der Waals surface area contributed by atoms with E-state index in [9.17, 15) is 9.90 Å². The summed E-state index contributed by atoms with van der Waals surface area (Å²) in [6.45, 7) is 4.35. The van der Waals surface area contributed by atoms with Gasteiger partial charge in [-0.25, -0.2) is 0 Å². The Morgan fingerprint density at radius 2 is 1.75 bits per heavy atom. The van der Waals surface area contributed by atoms with Gasteiger partial charge in [-0.15, -0.1) is 0 Å². The molecule has 1 amide bonds. The van der Waals surface area contributed by atoms with Gasteiger partial charge in [0.05, 0.1) is 18.6 Å². The van der Waals surface area contributed by atoms with Crippen molar-refractivity contribution in [3.8, 4) is 5.75 Å². The van der Waals surface area contributed by atoms with Crippen LogP contribution in [0.5, 0.6) is 5.75 Å². The molecule has 1 unspecified atom stereocenters. The van der Waals surface area contributed by atoms with Gasteiger partial charge < -0.3 is 15.2 Å². The molecule has 128 valence electrons.